The second-order valence-electron chi connectivity index (χ2n) is 7.20. The number of fused-ring (bicyclic) bond motifs is 1. The third kappa shape index (κ3) is 3.96. The van der Waals surface area contributed by atoms with Crippen molar-refractivity contribution in [3.8, 4) is 5.75 Å². The largest absolute Gasteiger partial charge is 0.432 e. The lowest BCUT2D eigenvalue weighted by atomic mass is 9.64. The summed E-state index contributed by atoms with van der Waals surface area (Å²) < 4.78 is 42.6. The van der Waals surface area contributed by atoms with Gasteiger partial charge in [-0.25, -0.2) is 4.39 Å². The molecule has 0 heterocycles. The number of hydrogen-bond acceptors (Lipinski definition) is 1. The molecule has 1 unspecified atom stereocenters. The van der Waals surface area contributed by atoms with Gasteiger partial charge in [0.2, 0.25) is 0 Å². The van der Waals surface area contributed by atoms with Gasteiger partial charge in [-0.15, -0.1) is 0 Å². The predicted octanol–water partition coefficient (Wildman–Crippen LogP) is 6.30. The lowest BCUT2D eigenvalue weighted by Crippen LogP contribution is -2.30. The fourth-order valence-electron chi connectivity index (χ4n) is 4.64. The van der Waals surface area contributed by atoms with Crippen LogP contribution in [-0.2, 0) is 0 Å². The molecule has 0 aromatic heterocycles. The van der Waals surface area contributed by atoms with E-state index >= 15 is 0 Å². The molecule has 3 rings (SSSR count). The van der Waals surface area contributed by atoms with E-state index in [1.54, 1.807) is 6.07 Å². The topological polar surface area (TPSA) is 9.23 Å². The molecule has 4 heteroatoms. The summed E-state index contributed by atoms with van der Waals surface area (Å²) in [5.74, 6) is 1.49. The molecule has 1 aromatic carbocycles. The molecule has 2 aliphatic carbocycles. The molecule has 0 radical (unpaired) electrons. The van der Waals surface area contributed by atoms with Gasteiger partial charge in [-0.1, -0.05) is 18.2 Å². The van der Waals surface area contributed by atoms with Crippen molar-refractivity contribution in [1.82, 2.24) is 0 Å². The molecule has 0 N–H and O–H groups in total. The standard InChI is InChI=1S/C20H25F3O/c1-2-3-13-4-5-15-11-16(7-6-14(15)10-13)17-8-9-19(18(21)12-17)24-20(22)23/h2-3,8-9,12-16,20H,4-7,10-11H2,1H3/t13-,14-,15-,16?/m1/s1. The number of hydrogen-bond donors (Lipinski definition) is 0. The highest BCUT2D eigenvalue weighted by Crippen LogP contribution is 2.48. The van der Waals surface area contributed by atoms with Crippen LogP contribution in [0.3, 0.4) is 0 Å². The lowest BCUT2D eigenvalue weighted by molar-refractivity contribution is -0.0522. The monoisotopic (exact) mass is 338 g/mol. The fraction of sp³-hybridized carbons (Fsp3) is 0.600. The van der Waals surface area contributed by atoms with Crippen LogP contribution in [0.2, 0.25) is 0 Å². The van der Waals surface area contributed by atoms with Crippen molar-refractivity contribution in [1.29, 1.82) is 0 Å². The van der Waals surface area contributed by atoms with E-state index in [2.05, 4.69) is 23.8 Å². The summed E-state index contributed by atoms with van der Waals surface area (Å²) in [5.41, 5.74) is 0.920. The van der Waals surface area contributed by atoms with E-state index in [1.807, 2.05) is 0 Å². The van der Waals surface area contributed by atoms with Crippen molar-refractivity contribution in [3.63, 3.8) is 0 Å². The molecule has 0 spiro atoms. The third-order valence-corrected chi connectivity index (χ3v) is 5.76. The van der Waals surface area contributed by atoms with Crippen LogP contribution in [0.1, 0.15) is 56.9 Å². The van der Waals surface area contributed by atoms with Gasteiger partial charge in [0, 0.05) is 0 Å². The summed E-state index contributed by atoms with van der Waals surface area (Å²) >= 11 is 0. The van der Waals surface area contributed by atoms with Crippen molar-refractivity contribution < 1.29 is 17.9 Å². The van der Waals surface area contributed by atoms with Crippen molar-refractivity contribution in [2.24, 2.45) is 17.8 Å². The zero-order valence-corrected chi connectivity index (χ0v) is 14.1. The van der Waals surface area contributed by atoms with Crippen molar-refractivity contribution in [3.05, 3.63) is 41.7 Å². The van der Waals surface area contributed by atoms with E-state index in [1.165, 1.54) is 37.8 Å². The molecule has 24 heavy (non-hydrogen) atoms. The lowest BCUT2D eigenvalue weighted by Gasteiger charge is -2.41. The maximum absolute atomic E-state index is 14.0. The van der Waals surface area contributed by atoms with Gasteiger partial charge in [0.15, 0.2) is 11.6 Å². The molecule has 1 aromatic rings. The van der Waals surface area contributed by atoms with Crippen LogP contribution in [0, 0.1) is 23.6 Å². The van der Waals surface area contributed by atoms with Gasteiger partial charge < -0.3 is 4.74 Å². The molecule has 2 aliphatic rings. The maximum Gasteiger partial charge on any atom is 0.387 e. The second-order valence-corrected chi connectivity index (χ2v) is 7.20. The Labute approximate surface area is 141 Å². The average Bonchev–Trinajstić information content (AvgIpc) is 2.56. The number of ether oxygens (including phenoxy) is 1. The van der Waals surface area contributed by atoms with E-state index < -0.39 is 12.4 Å². The summed E-state index contributed by atoms with van der Waals surface area (Å²) in [4.78, 5) is 0. The van der Waals surface area contributed by atoms with E-state index in [-0.39, 0.29) is 5.75 Å². The summed E-state index contributed by atoms with van der Waals surface area (Å²) in [6.07, 6.45) is 11.6. The first-order chi connectivity index (χ1) is 11.6. The van der Waals surface area contributed by atoms with E-state index in [0.717, 1.165) is 30.2 Å². The molecular formula is C20H25F3O. The molecule has 2 saturated carbocycles. The summed E-state index contributed by atoms with van der Waals surface area (Å²) in [5, 5.41) is 0. The zero-order valence-electron chi connectivity index (χ0n) is 14.1. The number of allylic oxidation sites excluding steroid dienone is 2. The SMILES string of the molecule is CC=C[C@@H]1CC[C@@H]2CC(c3ccc(OC(F)F)c(F)c3)CC[C@@H]2C1. The van der Waals surface area contributed by atoms with Gasteiger partial charge in [-0.3, -0.25) is 0 Å². The second kappa shape index (κ2) is 7.62. The zero-order chi connectivity index (χ0) is 17.1. The molecule has 1 nitrogen and oxygen atoms in total. The minimum absolute atomic E-state index is 0.333. The summed E-state index contributed by atoms with van der Waals surface area (Å²) in [6, 6.07) is 4.47. The normalized spacial score (nSPS) is 30.5. The van der Waals surface area contributed by atoms with Gasteiger partial charge in [0.05, 0.1) is 0 Å². The molecule has 0 bridgehead atoms. The van der Waals surface area contributed by atoms with Crippen LogP contribution >= 0.6 is 0 Å². The molecular weight excluding hydrogens is 313 g/mol. The maximum atomic E-state index is 14.0. The van der Waals surface area contributed by atoms with E-state index in [4.69, 9.17) is 0 Å². The Morgan fingerprint density at radius 1 is 1.08 bits per heavy atom. The number of benzene rings is 1. The smallest absolute Gasteiger partial charge is 0.387 e. The Kier molecular flexibility index (Phi) is 5.52. The number of rotatable bonds is 4. The minimum atomic E-state index is -2.99. The quantitative estimate of drug-likeness (QED) is 0.585. The first-order valence-electron chi connectivity index (χ1n) is 8.94. The van der Waals surface area contributed by atoms with Gasteiger partial charge in [-0.2, -0.15) is 8.78 Å². The van der Waals surface area contributed by atoms with Crippen LogP contribution in [0.25, 0.3) is 0 Å². The van der Waals surface area contributed by atoms with Gasteiger partial charge >= 0.3 is 6.61 Å². The Hall–Kier alpha value is -1.45. The Balaban J connectivity index is 1.65. The summed E-state index contributed by atoms with van der Waals surface area (Å²) in [7, 11) is 0. The van der Waals surface area contributed by atoms with Gasteiger partial charge in [0.1, 0.15) is 0 Å². The van der Waals surface area contributed by atoms with E-state index in [9.17, 15) is 13.2 Å². The summed E-state index contributed by atoms with van der Waals surface area (Å²) in [6.45, 7) is -0.910. The first kappa shape index (κ1) is 17.4. The van der Waals surface area contributed by atoms with Gasteiger partial charge in [0.25, 0.3) is 0 Å². The van der Waals surface area contributed by atoms with Gasteiger partial charge in [-0.05, 0) is 86.8 Å². The third-order valence-electron chi connectivity index (χ3n) is 5.76. The molecule has 132 valence electrons. The van der Waals surface area contributed by atoms with Crippen LogP contribution in [0.4, 0.5) is 13.2 Å². The number of halogens is 3. The Morgan fingerprint density at radius 3 is 2.54 bits per heavy atom. The predicted molar refractivity (Wildman–Crippen MR) is 88.8 cm³/mol. The Bertz CT molecular complexity index is 584. The molecule has 2 fully saturated rings. The van der Waals surface area contributed by atoms with Crippen molar-refractivity contribution in [2.75, 3.05) is 0 Å². The Morgan fingerprint density at radius 2 is 1.83 bits per heavy atom. The van der Waals surface area contributed by atoms with Crippen molar-refractivity contribution in [2.45, 2.75) is 58.0 Å². The highest BCUT2D eigenvalue weighted by atomic mass is 19.3. The van der Waals surface area contributed by atoms with Crippen LogP contribution in [-0.4, -0.2) is 6.61 Å². The first-order valence-corrected chi connectivity index (χ1v) is 8.94. The highest BCUT2D eigenvalue weighted by Gasteiger charge is 2.35. The van der Waals surface area contributed by atoms with Crippen LogP contribution < -0.4 is 4.74 Å². The van der Waals surface area contributed by atoms with Crippen LogP contribution in [0.15, 0.2) is 30.4 Å². The molecule has 0 aliphatic heterocycles. The number of alkyl halides is 2. The molecule has 0 saturated heterocycles. The highest BCUT2D eigenvalue weighted by molar-refractivity contribution is 5.31. The minimum Gasteiger partial charge on any atom is -0.432 e. The molecule has 4 atom stereocenters. The van der Waals surface area contributed by atoms with E-state index in [0.29, 0.717) is 11.8 Å². The fourth-order valence-corrected chi connectivity index (χ4v) is 4.64. The van der Waals surface area contributed by atoms with Crippen LogP contribution in [0.5, 0.6) is 5.75 Å². The van der Waals surface area contributed by atoms with Crippen molar-refractivity contribution >= 4 is 0 Å². The molecule has 0 amide bonds. The average molecular weight is 338 g/mol.